The van der Waals surface area contributed by atoms with E-state index in [2.05, 4.69) is 95.7 Å². The van der Waals surface area contributed by atoms with Crippen LogP contribution in [0.25, 0.3) is 4.72 Å². The average molecular weight is 468 g/mol. The van der Waals surface area contributed by atoms with Gasteiger partial charge in [0.1, 0.15) is 0 Å². The summed E-state index contributed by atoms with van der Waals surface area (Å²) >= 11 is 0. The number of sulfonamides is 1. The maximum Gasteiger partial charge on any atom is 0.480 e. The second kappa shape index (κ2) is 11.9. The van der Waals surface area contributed by atoms with Crippen molar-refractivity contribution in [2.45, 2.75) is 40.0 Å². The van der Waals surface area contributed by atoms with E-state index >= 15 is 0 Å². The highest BCUT2D eigenvalue weighted by Crippen LogP contribution is 2.30. The molecular formula is C23H24F3NO2S2. The van der Waals surface area contributed by atoms with E-state index in [1.165, 1.54) is 14.7 Å². The summed E-state index contributed by atoms with van der Waals surface area (Å²) in [6, 6.07) is 32.2. The molecule has 8 heteroatoms. The molecule has 3 aromatic rings. The molecule has 0 aromatic heterocycles. The van der Waals surface area contributed by atoms with Crippen LogP contribution in [0.5, 0.6) is 0 Å². The van der Waals surface area contributed by atoms with Gasteiger partial charge in [0.25, 0.3) is 0 Å². The molecule has 0 amide bonds. The molecule has 0 fully saturated rings. The van der Waals surface area contributed by atoms with Crippen LogP contribution >= 0.6 is 0 Å². The van der Waals surface area contributed by atoms with Crippen molar-refractivity contribution in [3.05, 3.63) is 95.7 Å². The van der Waals surface area contributed by atoms with Crippen LogP contribution in [0, 0.1) is 0 Å². The number of rotatable bonds is 7. The summed E-state index contributed by atoms with van der Waals surface area (Å²) in [5.41, 5.74) is -5.25. The van der Waals surface area contributed by atoms with Gasteiger partial charge in [-0.05, 0) is 36.4 Å². The molecule has 0 spiro atoms. The van der Waals surface area contributed by atoms with Gasteiger partial charge in [0, 0.05) is 0 Å². The predicted octanol–water partition coefficient (Wildman–Crippen LogP) is 6.79. The number of hydrogen-bond donors (Lipinski definition) is 0. The van der Waals surface area contributed by atoms with Gasteiger partial charge in [0.15, 0.2) is 24.7 Å². The smallest absolute Gasteiger partial charge is 0.480 e. The number of nitrogens with zero attached hydrogens (tertiary/aromatic N) is 1. The van der Waals surface area contributed by atoms with Crippen molar-refractivity contribution >= 4 is 20.9 Å². The zero-order valence-electron chi connectivity index (χ0n) is 17.0. The van der Waals surface area contributed by atoms with Crippen molar-refractivity contribution in [3.63, 3.8) is 0 Å². The third-order valence-electron chi connectivity index (χ3n) is 4.00. The first-order chi connectivity index (χ1) is 14.8. The monoisotopic (exact) mass is 467 g/mol. The minimum Gasteiger partial charge on any atom is -0.541 e. The van der Waals surface area contributed by atoms with Gasteiger partial charge in [0.05, 0.1) is 10.9 Å². The molecule has 3 aromatic carbocycles. The molecule has 0 saturated carbocycles. The number of halogens is 3. The third-order valence-corrected chi connectivity index (χ3v) is 7.34. The SMILES string of the molecule is CCCC[N-]S(=O)(=O)C(F)(F)F.c1ccc([S+](c2ccccc2)c2ccccc2)cc1. The van der Waals surface area contributed by atoms with Crippen LogP contribution in [0.4, 0.5) is 13.2 Å². The lowest BCUT2D eigenvalue weighted by Crippen LogP contribution is -2.22. The summed E-state index contributed by atoms with van der Waals surface area (Å²) in [5.74, 6) is 0. The molecule has 0 aliphatic rings. The summed E-state index contributed by atoms with van der Waals surface area (Å²) in [6.45, 7) is 1.44. The fourth-order valence-corrected chi connectivity index (χ4v) is 5.11. The van der Waals surface area contributed by atoms with Gasteiger partial charge in [-0.2, -0.15) is 13.2 Å². The van der Waals surface area contributed by atoms with E-state index in [1.54, 1.807) is 6.92 Å². The van der Waals surface area contributed by atoms with Crippen molar-refractivity contribution in [1.82, 2.24) is 0 Å². The van der Waals surface area contributed by atoms with Gasteiger partial charge in [0.2, 0.25) is 0 Å². The third kappa shape index (κ3) is 7.72. The second-order valence-electron chi connectivity index (χ2n) is 6.37. The van der Waals surface area contributed by atoms with Crippen LogP contribution in [0.3, 0.4) is 0 Å². The van der Waals surface area contributed by atoms with Crippen molar-refractivity contribution < 1.29 is 21.6 Å². The largest absolute Gasteiger partial charge is 0.541 e. The van der Waals surface area contributed by atoms with E-state index in [1.807, 2.05) is 0 Å². The highest BCUT2D eigenvalue weighted by molar-refractivity contribution is 7.97. The number of benzene rings is 3. The number of hydrogen-bond acceptors (Lipinski definition) is 2. The van der Waals surface area contributed by atoms with Crippen LogP contribution < -0.4 is 0 Å². The van der Waals surface area contributed by atoms with E-state index in [0.29, 0.717) is 12.8 Å². The number of unbranched alkanes of at least 4 members (excludes halogenated alkanes) is 1. The first kappa shape index (κ1) is 25.0. The maximum atomic E-state index is 11.6. The molecule has 0 unspecified atom stereocenters. The van der Waals surface area contributed by atoms with Crippen LogP contribution in [-0.2, 0) is 20.9 Å². The Hall–Kier alpha value is -2.29. The Morgan fingerprint density at radius 1 is 0.742 bits per heavy atom. The van der Waals surface area contributed by atoms with Gasteiger partial charge < -0.3 is 4.72 Å². The Bertz CT molecular complexity index is 903. The summed E-state index contributed by atoms with van der Waals surface area (Å²) < 4.78 is 57.8. The molecule has 0 radical (unpaired) electrons. The molecule has 0 bridgehead atoms. The van der Waals surface area contributed by atoms with Crippen LogP contribution in [0.15, 0.2) is 106 Å². The van der Waals surface area contributed by atoms with E-state index in [0.717, 1.165) is 0 Å². The van der Waals surface area contributed by atoms with Gasteiger partial charge in [-0.3, -0.25) is 0 Å². The highest BCUT2D eigenvalue weighted by Gasteiger charge is 2.38. The molecule has 166 valence electrons. The standard InChI is InChI=1S/C18H15S.C5H9F3NO2S/c1-4-10-16(11-5-1)19(17-12-6-2-7-13-17)18-14-8-3-9-15-18;1-2-3-4-9-12(10,11)5(6,7)8/h1-15H;2-4H2,1H3/q+1;-1. The quantitative estimate of drug-likeness (QED) is 0.284. The molecule has 0 heterocycles. The molecule has 0 atom stereocenters. The summed E-state index contributed by atoms with van der Waals surface area (Å²) in [5, 5.41) is 0. The Morgan fingerprint density at radius 3 is 1.39 bits per heavy atom. The maximum absolute atomic E-state index is 11.6. The molecule has 0 saturated heterocycles. The zero-order valence-corrected chi connectivity index (χ0v) is 18.6. The van der Waals surface area contributed by atoms with Gasteiger partial charge >= 0.3 is 5.51 Å². The Morgan fingerprint density at radius 2 is 1.10 bits per heavy atom. The summed E-state index contributed by atoms with van der Waals surface area (Å²) in [6.07, 6.45) is 0.951. The summed E-state index contributed by atoms with van der Waals surface area (Å²) in [7, 11) is -5.26. The summed E-state index contributed by atoms with van der Waals surface area (Å²) in [4.78, 5) is 4.08. The minimum absolute atomic E-state index is 0.0146. The Labute approximate surface area is 184 Å². The molecule has 3 nitrogen and oxygen atoms in total. The van der Waals surface area contributed by atoms with E-state index < -0.39 is 15.5 Å². The first-order valence-electron chi connectivity index (χ1n) is 9.65. The lowest BCUT2D eigenvalue weighted by molar-refractivity contribution is -0.0427. The van der Waals surface area contributed by atoms with Crippen molar-refractivity contribution in [2.24, 2.45) is 0 Å². The van der Waals surface area contributed by atoms with E-state index in [4.69, 9.17) is 0 Å². The fraction of sp³-hybridized carbons (Fsp3) is 0.217. The molecule has 0 N–H and O–H groups in total. The average Bonchev–Trinajstić information content (AvgIpc) is 2.76. The first-order valence-corrected chi connectivity index (χ1v) is 12.3. The van der Waals surface area contributed by atoms with Gasteiger partial charge in [-0.1, -0.05) is 74.4 Å². The van der Waals surface area contributed by atoms with E-state index in [-0.39, 0.29) is 17.4 Å². The van der Waals surface area contributed by atoms with Crippen LogP contribution in [0.2, 0.25) is 0 Å². The number of alkyl halides is 3. The fourth-order valence-electron chi connectivity index (χ4n) is 2.49. The molecular weight excluding hydrogens is 443 g/mol. The lowest BCUT2D eigenvalue weighted by atomic mass is 10.3. The van der Waals surface area contributed by atoms with Crippen LogP contribution in [-0.4, -0.2) is 20.5 Å². The van der Waals surface area contributed by atoms with Crippen LogP contribution in [0.1, 0.15) is 19.8 Å². The Kier molecular flexibility index (Phi) is 9.61. The topological polar surface area (TPSA) is 48.2 Å². The Balaban J connectivity index is 0.000000248. The molecule has 0 aliphatic heterocycles. The van der Waals surface area contributed by atoms with Crippen molar-refractivity contribution in [2.75, 3.05) is 6.54 Å². The predicted molar refractivity (Wildman–Crippen MR) is 120 cm³/mol. The van der Waals surface area contributed by atoms with Gasteiger partial charge in [-0.15, -0.1) is 6.54 Å². The minimum atomic E-state index is -5.25. The zero-order chi connectivity index (χ0) is 22.7. The van der Waals surface area contributed by atoms with Gasteiger partial charge in [-0.25, -0.2) is 8.42 Å². The van der Waals surface area contributed by atoms with E-state index in [9.17, 15) is 21.6 Å². The molecule has 0 aliphatic carbocycles. The highest BCUT2D eigenvalue weighted by atomic mass is 32.2. The van der Waals surface area contributed by atoms with Crippen molar-refractivity contribution in [3.8, 4) is 0 Å². The van der Waals surface area contributed by atoms with Crippen molar-refractivity contribution in [1.29, 1.82) is 0 Å². The lowest BCUT2D eigenvalue weighted by Gasteiger charge is -2.20. The normalized spacial score (nSPS) is 11.6. The second-order valence-corrected chi connectivity index (χ2v) is 10.1. The molecule has 3 rings (SSSR count). The molecule has 31 heavy (non-hydrogen) atoms.